The Kier molecular flexibility index (Phi) is 3.32. The Morgan fingerprint density at radius 1 is 1.29 bits per heavy atom. The van der Waals surface area contributed by atoms with E-state index in [1.165, 1.54) is 5.56 Å². The van der Waals surface area contributed by atoms with Crippen molar-refractivity contribution in [2.24, 2.45) is 0 Å². The third-order valence-electron chi connectivity index (χ3n) is 2.61. The second kappa shape index (κ2) is 4.91. The molecule has 2 aromatic rings. The number of imidazole rings is 1. The van der Waals surface area contributed by atoms with E-state index >= 15 is 0 Å². The number of aryl methyl sites for hydroxylation is 1. The van der Waals surface area contributed by atoms with Gasteiger partial charge in [0, 0.05) is 12.1 Å². The van der Waals surface area contributed by atoms with Crippen molar-refractivity contribution >= 4 is 5.95 Å². The summed E-state index contributed by atoms with van der Waals surface area (Å²) in [7, 11) is 0. The van der Waals surface area contributed by atoms with Crippen molar-refractivity contribution in [1.82, 2.24) is 9.97 Å². The highest BCUT2D eigenvalue weighted by Crippen LogP contribution is 2.16. The molecule has 0 aliphatic carbocycles. The van der Waals surface area contributed by atoms with Crippen LogP contribution in [0.5, 0.6) is 5.75 Å². The fourth-order valence-electron chi connectivity index (χ4n) is 1.76. The number of ether oxygens (including phenoxy) is 1. The average Bonchev–Trinajstić information content (AvgIpc) is 2.61. The van der Waals surface area contributed by atoms with Gasteiger partial charge in [0.25, 0.3) is 0 Å². The molecule has 4 heteroatoms. The summed E-state index contributed by atoms with van der Waals surface area (Å²) in [6, 6.07) is 8.05. The Labute approximate surface area is 101 Å². The molecule has 1 heterocycles. The highest BCUT2D eigenvalue weighted by Gasteiger charge is 2.05. The first-order valence-electron chi connectivity index (χ1n) is 5.71. The molecule has 17 heavy (non-hydrogen) atoms. The standard InChI is InChI=1S/C13H17N3O/c1-3-17-11-6-4-10(5-7-11)8-12-9(2)15-13(14)16-12/h4-7H,3,8H2,1-2H3,(H3,14,15,16). The number of H-pyrrole nitrogens is 1. The van der Waals surface area contributed by atoms with E-state index in [0.717, 1.165) is 23.6 Å². The molecule has 0 spiro atoms. The van der Waals surface area contributed by atoms with Crippen LogP contribution in [0.3, 0.4) is 0 Å². The number of nitrogen functional groups attached to an aromatic ring is 1. The molecule has 0 bridgehead atoms. The Bertz CT molecular complexity index is 488. The number of nitrogens with two attached hydrogens (primary N) is 1. The van der Waals surface area contributed by atoms with E-state index in [4.69, 9.17) is 10.5 Å². The van der Waals surface area contributed by atoms with Crippen LogP contribution in [0, 0.1) is 6.92 Å². The van der Waals surface area contributed by atoms with E-state index in [-0.39, 0.29) is 0 Å². The first-order chi connectivity index (χ1) is 8.19. The molecule has 90 valence electrons. The minimum absolute atomic E-state index is 0.475. The topological polar surface area (TPSA) is 63.9 Å². The maximum Gasteiger partial charge on any atom is 0.197 e. The summed E-state index contributed by atoms with van der Waals surface area (Å²) in [5.74, 6) is 1.37. The Balaban J connectivity index is 2.11. The van der Waals surface area contributed by atoms with Crippen molar-refractivity contribution in [2.45, 2.75) is 20.3 Å². The average molecular weight is 231 g/mol. The fraction of sp³-hybridized carbons (Fsp3) is 0.308. The molecule has 3 N–H and O–H groups in total. The quantitative estimate of drug-likeness (QED) is 0.848. The zero-order valence-electron chi connectivity index (χ0n) is 10.2. The summed E-state index contributed by atoms with van der Waals surface area (Å²) in [5.41, 5.74) is 8.82. The van der Waals surface area contributed by atoms with Crippen molar-refractivity contribution in [3.63, 3.8) is 0 Å². The lowest BCUT2D eigenvalue weighted by molar-refractivity contribution is 0.340. The molecule has 4 nitrogen and oxygen atoms in total. The minimum atomic E-state index is 0.475. The van der Waals surface area contributed by atoms with Gasteiger partial charge in [0.05, 0.1) is 12.3 Å². The lowest BCUT2D eigenvalue weighted by Crippen LogP contribution is -1.94. The van der Waals surface area contributed by atoms with Crippen LogP contribution in [0.25, 0.3) is 0 Å². The summed E-state index contributed by atoms with van der Waals surface area (Å²) in [6.07, 6.45) is 0.784. The number of benzene rings is 1. The van der Waals surface area contributed by atoms with E-state index in [0.29, 0.717) is 12.6 Å². The van der Waals surface area contributed by atoms with Crippen LogP contribution in [0.4, 0.5) is 5.95 Å². The van der Waals surface area contributed by atoms with Gasteiger partial charge in [0.2, 0.25) is 0 Å². The molecule has 1 aromatic carbocycles. The largest absolute Gasteiger partial charge is 0.494 e. The Hall–Kier alpha value is -1.97. The van der Waals surface area contributed by atoms with Crippen LogP contribution in [0.15, 0.2) is 24.3 Å². The lowest BCUT2D eigenvalue weighted by Gasteiger charge is -2.04. The van der Waals surface area contributed by atoms with E-state index in [1.807, 2.05) is 26.0 Å². The van der Waals surface area contributed by atoms with Crippen molar-refractivity contribution in [2.75, 3.05) is 12.3 Å². The zero-order valence-corrected chi connectivity index (χ0v) is 10.2. The van der Waals surface area contributed by atoms with Crippen molar-refractivity contribution in [1.29, 1.82) is 0 Å². The van der Waals surface area contributed by atoms with Gasteiger partial charge in [-0.15, -0.1) is 0 Å². The number of nitrogens with zero attached hydrogens (tertiary/aromatic N) is 1. The fourth-order valence-corrected chi connectivity index (χ4v) is 1.76. The van der Waals surface area contributed by atoms with Gasteiger partial charge >= 0.3 is 0 Å². The Morgan fingerprint density at radius 2 is 2.00 bits per heavy atom. The van der Waals surface area contributed by atoms with Crippen LogP contribution in [0.1, 0.15) is 23.9 Å². The van der Waals surface area contributed by atoms with Crippen LogP contribution < -0.4 is 10.5 Å². The first kappa shape index (κ1) is 11.5. The number of aromatic amines is 1. The summed E-state index contributed by atoms with van der Waals surface area (Å²) in [4.78, 5) is 7.26. The molecule has 0 saturated carbocycles. The molecule has 0 unspecified atom stereocenters. The second-order valence-electron chi connectivity index (χ2n) is 3.95. The van der Waals surface area contributed by atoms with Crippen molar-refractivity contribution in [3.05, 3.63) is 41.2 Å². The molecular formula is C13H17N3O. The second-order valence-corrected chi connectivity index (χ2v) is 3.95. The molecule has 0 aliphatic rings. The molecule has 0 radical (unpaired) electrons. The number of hydrogen-bond acceptors (Lipinski definition) is 3. The van der Waals surface area contributed by atoms with Gasteiger partial charge in [-0.25, -0.2) is 4.98 Å². The van der Waals surface area contributed by atoms with Crippen molar-refractivity contribution < 1.29 is 4.74 Å². The third-order valence-corrected chi connectivity index (χ3v) is 2.61. The van der Waals surface area contributed by atoms with Gasteiger partial charge in [-0.05, 0) is 31.5 Å². The van der Waals surface area contributed by atoms with Gasteiger partial charge in [0.15, 0.2) is 5.95 Å². The highest BCUT2D eigenvalue weighted by atomic mass is 16.5. The summed E-state index contributed by atoms with van der Waals surface area (Å²) in [5, 5.41) is 0. The molecule has 1 aromatic heterocycles. The third kappa shape index (κ3) is 2.78. The van der Waals surface area contributed by atoms with Gasteiger partial charge in [-0.3, -0.25) is 0 Å². The summed E-state index contributed by atoms with van der Waals surface area (Å²) in [6.45, 7) is 4.64. The molecule has 2 rings (SSSR count). The molecule has 0 fully saturated rings. The van der Waals surface area contributed by atoms with Gasteiger partial charge in [-0.1, -0.05) is 12.1 Å². The maximum atomic E-state index is 5.61. The molecular weight excluding hydrogens is 214 g/mol. The predicted molar refractivity (Wildman–Crippen MR) is 68.2 cm³/mol. The van der Waals surface area contributed by atoms with Crippen LogP contribution >= 0.6 is 0 Å². The zero-order chi connectivity index (χ0) is 12.3. The van der Waals surface area contributed by atoms with E-state index < -0.39 is 0 Å². The predicted octanol–water partition coefficient (Wildman–Crippen LogP) is 2.29. The lowest BCUT2D eigenvalue weighted by atomic mass is 10.1. The maximum absolute atomic E-state index is 5.61. The summed E-state index contributed by atoms with van der Waals surface area (Å²) >= 11 is 0. The first-order valence-corrected chi connectivity index (χ1v) is 5.71. The van der Waals surface area contributed by atoms with Gasteiger partial charge in [0.1, 0.15) is 5.75 Å². The van der Waals surface area contributed by atoms with E-state index in [1.54, 1.807) is 0 Å². The van der Waals surface area contributed by atoms with Crippen LogP contribution in [0.2, 0.25) is 0 Å². The minimum Gasteiger partial charge on any atom is -0.494 e. The molecule has 0 amide bonds. The SMILES string of the molecule is CCOc1ccc(Cc2nc(N)[nH]c2C)cc1. The van der Waals surface area contributed by atoms with Crippen LogP contribution in [-0.4, -0.2) is 16.6 Å². The van der Waals surface area contributed by atoms with Gasteiger partial charge in [-0.2, -0.15) is 0 Å². The van der Waals surface area contributed by atoms with E-state index in [9.17, 15) is 0 Å². The molecule has 0 saturated heterocycles. The van der Waals surface area contributed by atoms with E-state index in [2.05, 4.69) is 22.1 Å². The van der Waals surface area contributed by atoms with Gasteiger partial charge < -0.3 is 15.5 Å². The molecule has 0 atom stereocenters. The summed E-state index contributed by atoms with van der Waals surface area (Å²) < 4.78 is 5.40. The molecule has 0 aliphatic heterocycles. The number of aromatic nitrogens is 2. The Morgan fingerprint density at radius 3 is 2.53 bits per heavy atom. The number of rotatable bonds is 4. The van der Waals surface area contributed by atoms with Crippen molar-refractivity contribution in [3.8, 4) is 5.75 Å². The normalized spacial score (nSPS) is 10.5. The number of hydrogen-bond donors (Lipinski definition) is 2. The monoisotopic (exact) mass is 231 g/mol. The number of anilines is 1. The number of nitrogens with one attached hydrogen (secondary N) is 1. The highest BCUT2D eigenvalue weighted by molar-refractivity contribution is 5.33. The smallest absolute Gasteiger partial charge is 0.197 e. The van der Waals surface area contributed by atoms with Crippen LogP contribution in [-0.2, 0) is 6.42 Å².